The number of benzene rings is 2. The maximum Gasteiger partial charge on any atom is 0.340 e. The first-order chi connectivity index (χ1) is 15.4. The molecule has 0 saturated heterocycles. The molecule has 1 aromatic heterocycles. The predicted molar refractivity (Wildman–Crippen MR) is 120 cm³/mol. The van der Waals surface area contributed by atoms with Crippen molar-refractivity contribution in [3.8, 4) is 11.5 Å². The molecule has 7 nitrogen and oxygen atoms in total. The van der Waals surface area contributed by atoms with Gasteiger partial charge in [0, 0.05) is 11.8 Å². The Morgan fingerprint density at radius 1 is 1.09 bits per heavy atom. The van der Waals surface area contributed by atoms with E-state index < -0.39 is 11.9 Å². The van der Waals surface area contributed by atoms with Gasteiger partial charge in [-0.25, -0.2) is 4.79 Å². The number of pyridine rings is 1. The fourth-order valence-corrected chi connectivity index (χ4v) is 4.01. The summed E-state index contributed by atoms with van der Waals surface area (Å²) in [4.78, 5) is 26.5. The summed E-state index contributed by atoms with van der Waals surface area (Å²) in [6, 6.07) is 18.6. The van der Waals surface area contributed by atoms with Crippen LogP contribution in [0.1, 0.15) is 28.3 Å². The molecule has 3 aromatic rings. The molecule has 2 heterocycles. The van der Waals surface area contributed by atoms with Crippen molar-refractivity contribution < 1.29 is 19.0 Å². The van der Waals surface area contributed by atoms with E-state index in [0.29, 0.717) is 29.2 Å². The van der Waals surface area contributed by atoms with Crippen LogP contribution in [0.5, 0.6) is 11.5 Å². The minimum Gasteiger partial charge on any atom is -0.497 e. The maximum absolute atomic E-state index is 13.8. The fraction of sp³-hybridized carbons (Fsp3) is 0.200. The van der Waals surface area contributed by atoms with Crippen LogP contribution in [-0.4, -0.2) is 24.8 Å². The van der Waals surface area contributed by atoms with Crippen LogP contribution >= 0.6 is 0 Å². The Kier molecular flexibility index (Phi) is 5.73. The molecule has 0 saturated carbocycles. The number of methoxy groups -OCH3 is 2. The zero-order valence-electron chi connectivity index (χ0n) is 18.1. The summed E-state index contributed by atoms with van der Waals surface area (Å²) in [5.41, 5.74) is 8.67. The topological polar surface area (TPSA) is 92.8 Å². The van der Waals surface area contributed by atoms with Gasteiger partial charge < -0.3 is 24.5 Å². The largest absolute Gasteiger partial charge is 0.497 e. The first-order valence-corrected chi connectivity index (χ1v) is 10.1. The van der Waals surface area contributed by atoms with Crippen LogP contribution in [0, 0.1) is 6.92 Å². The molecule has 164 valence electrons. The Labute approximate surface area is 185 Å². The molecule has 1 aliphatic rings. The summed E-state index contributed by atoms with van der Waals surface area (Å²) in [6.07, 6.45) is 0. The van der Waals surface area contributed by atoms with Crippen LogP contribution in [0.3, 0.4) is 0 Å². The molecule has 0 radical (unpaired) electrons. The number of carbonyl (C=O) groups excluding carboxylic acids is 1. The Hall–Kier alpha value is -4.00. The van der Waals surface area contributed by atoms with Crippen molar-refractivity contribution >= 4 is 5.97 Å². The summed E-state index contributed by atoms with van der Waals surface area (Å²) >= 11 is 0. The standard InChI is InChI=1S/C25H24N2O5/c1-15-12-19-21(24(28)27(15)14-16-8-5-4-6-9-16)20(17-10-7-11-18(13-17)30-2)22(23(26)32-19)25(29)31-3/h4-13,20H,14,26H2,1-3H3/t20-/m0/s1. The van der Waals surface area contributed by atoms with Crippen molar-refractivity contribution in [2.24, 2.45) is 5.73 Å². The van der Waals surface area contributed by atoms with Gasteiger partial charge in [0.25, 0.3) is 5.56 Å². The van der Waals surface area contributed by atoms with Gasteiger partial charge in [0.05, 0.1) is 32.2 Å². The molecule has 1 aliphatic heterocycles. The van der Waals surface area contributed by atoms with E-state index in [1.165, 1.54) is 7.11 Å². The van der Waals surface area contributed by atoms with Gasteiger partial charge in [-0.15, -0.1) is 0 Å². The van der Waals surface area contributed by atoms with Gasteiger partial charge in [-0.3, -0.25) is 4.79 Å². The van der Waals surface area contributed by atoms with Crippen molar-refractivity contribution in [3.63, 3.8) is 0 Å². The molecule has 0 bridgehead atoms. The quantitative estimate of drug-likeness (QED) is 0.623. The van der Waals surface area contributed by atoms with E-state index >= 15 is 0 Å². The van der Waals surface area contributed by atoms with Gasteiger partial charge in [0.2, 0.25) is 5.88 Å². The average Bonchev–Trinajstić information content (AvgIpc) is 2.81. The Morgan fingerprint density at radius 3 is 2.53 bits per heavy atom. The van der Waals surface area contributed by atoms with Gasteiger partial charge in [0.1, 0.15) is 17.1 Å². The minimum absolute atomic E-state index is 0.0838. The number of fused-ring (bicyclic) bond motifs is 1. The first-order valence-electron chi connectivity index (χ1n) is 10.1. The van der Waals surface area contributed by atoms with Gasteiger partial charge in [0.15, 0.2) is 0 Å². The first kappa shape index (κ1) is 21.2. The van der Waals surface area contributed by atoms with Crippen molar-refractivity contribution in [1.82, 2.24) is 4.57 Å². The number of aromatic nitrogens is 1. The number of nitrogens with two attached hydrogens (primary N) is 1. The van der Waals surface area contributed by atoms with Crippen LogP contribution in [0.4, 0.5) is 0 Å². The highest BCUT2D eigenvalue weighted by atomic mass is 16.5. The lowest BCUT2D eigenvalue weighted by atomic mass is 9.83. The zero-order chi connectivity index (χ0) is 22.8. The fourth-order valence-electron chi connectivity index (χ4n) is 4.01. The lowest BCUT2D eigenvalue weighted by Gasteiger charge is -2.29. The molecule has 0 unspecified atom stereocenters. The van der Waals surface area contributed by atoms with Crippen LogP contribution in [0.15, 0.2) is 76.9 Å². The van der Waals surface area contributed by atoms with Crippen molar-refractivity contribution in [3.05, 3.63) is 105 Å². The molecule has 4 rings (SSSR count). The number of hydrogen-bond acceptors (Lipinski definition) is 6. The lowest BCUT2D eigenvalue weighted by molar-refractivity contribution is -0.136. The number of nitrogens with zero attached hydrogens (tertiary/aromatic N) is 1. The van der Waals surface area contributed by atoms with E-state index in [1.54, 1.807) is 35.9 Å². The molecule has 2 N–H and O–H groups in total. The third-order valence-electron chi connectivity index (χ3n) is 5.59. The van der Waals surface area contributed by atoms with Crippen LogP contribution in [0.25, 0.3) is 0 Å². The van der Waals surface area contributed by atoms with Crippen LogP contribution in [-0.2, 0) is 16.1 Å². The second-order valence-corrected chi connectivity index (χ2v) is 7.52. The van der Waals surface area contributed by atoms with Crippen LogP contribution in [0.2, 0.25) is 0 Å². The third kappa shape index (κ3) is 3.73. The molecule has 0 fully saturated rings. The third-order valence-corrected chi connectivity index (χ3v) is 5.59. The monoisotopic (exact) mass is 432 g/mol. The van der Waals surface area contributed by atoms with E-state index in [0.717, 1.165) is 11.3 Å². The maximum atomic E-state index is 13.8. The van der Waals surface area contributed by atoms with Gasteiger partial charge in [-0.2, -0.15) is 0 Å². The normalized spacial score (nSPS) is 15.0. The Bertz CT molecular complexity index is 1260. The number of rotatable bonds is 5. The second-order valence-electron chi connectivity index (χ2n) is 7.52. The molecular weight excluding hydrogens is 408 g/mol. The molecule has 0 aliphatic carbocycles. The van der Waals surface area contributed by atoms with E-state index in [1.807, 2.05) is 43.3 Å². The summed E-state index contributed by atoms with van der Waals surface area (Å²) < 4.78 is 17.8. The highest BCUT2D eigenvalue weighted by Gasteiger charge is 2.38. The number of carbonyl (C=O) groups is 1. The van der Waals surface area contributed by atoms with Crippen molar-refractivity contribution in [2.45, 2.75) is 19.4 Å². The molecular formula is C25H24N2O5. The van der Waals surface area contributed by atoms with Gasteiger partial charge >= 0.3 is 5.97 Å². The van der Waals surface area contributed by atoms with E-state index in [2.05, 4.69) is 0 Å². The van der Waals surface area contributed by atoms with E-state index in [4.69, 9.17) is 19.9 Å². The summed E-state index contributed by atoms with van der Waals surface area (Å²) in [5, 5.41) is 0. The average molecular weight is 432 g/mol. The van der Waals surface area contributed by atoms with Gasteiger partial charge in [-0.05, 0) is 30.2 Å². The Balaban J connectivity index is 1.95. The summed E-state index contributed by atoms with van der Waals surface area (Å²) in [5.74, 6) is -0.589. The predicted octanol–water partition coefficient (Wildman–Crippen LogP) is 3.08. The van der Waals surface area contributed by atoms with Crippen molar-refractivity contribution in [1.29, 1.82) is 0 Å². The number of hydrogen-bond donors (Lipinski definition) is 1. The SMILES string of the molecule is COC(=O)C1=C(N)Oc2cc(C)n(Cc3ccccc3)c(=O)c2[C@@H]1c1cccc(OC)c1. The second kappa shape index (κ2) is 8.63. The van der Waals surface area contributed by atoms with Crippen LogP contribution < -0.4 is 20.8 Å². The molecule has 7 heteroatoms. The summed E-state index contributed by atoms with van der Waals surface area (Å²) in [7, 11) is 2.82. The number of ether oxygens (including phenoxy) is 3. The van der Waals surface area contributed by atoms with Gasteiger partial charge in [-0.1, -0.05) is 42.5 Å². The highest BCUT2D eigenvalue weighted by molar-refractivity contribution is 5.92. The van der Waals surface area contributed by atoms with E-state index in [9.17, 15) is 9.59 Å². The smallest absolute Gasteiger partial charge is 0.340 e. The minimum atomic E-state index is -0.767. The highest BCUT2D eigenvalue weighted by Crippen LogP contribution is 2.42. The molecule has 2 aromatic carbocycles. The number of esters is 1. The number of aryl methyl sites for hydroxylation is 1. The molecule has 32 heavy (non-hydrogen) atoms. The zero-order valence-corrected chi connectivity index (χ0v) is 18.1. The van der Waals surface area contributed by atoms with E-state index in [-0.39, 0.29) is 17.0 Å². The Morgan fingerprint density at radius 2 is 1.84 bits per heavy atom. The van der Waals surface area contributed by atoms with Crippen molar-refractivity contribution in [2.75, 3.05) is 14.2 Å². The molecule has 0 spiro atoms. The molecule has 0 amide bonds. The molecule has 1 atom stereocenters. The lowest BCUT2D eigenvalue weighted by Crippen LogP contribution is -2.35. The summed E-state index contributed by atoms with van der Waals surface area (Å²) in [6.45, 7) is 2.22.